The van der Waals surface area contributed by atoms with Crippen molar-refractivity contribution >= 4 is 29.8 Å². The number of carbonyl (C=O) groups is 2. The monoisotopic (exact) mass is 525 g/mol. The molecule has 1 unspecified atom stereocenters. The van der Waals surface area contributed by atoms with Crippen molar-refractivity contribution in [2.45, 2.75) is 51.3 Å². The van der Waals surface area contributed by atoms with Gasteiger partial charge in [-0.05, 0) is 42.0 Å². The van der Waals surface area contributed by atoms with Crippen molar-refractivity contribution in [2.75, 3.05) is 20.0 Å². The molecule has 0 saturated heterocycles. The minimum Gasteiger partial charge on any atom is -0.475 e. The van der Waals surface area contributed by atoms with E-state index in [1.807, 2.05) is 20.8 Å². The summed E-state index contributed by atoms with van der Waals surface area (Å²) in [5.41, 5.74) is -0.611. The van der Waals surface area contributed by atoms with Gasteiger partial charge in [-0.25, -0.2) is 9.59 Å². The fourth-order valence-electron chi connectivity index (χ4n) is 2.96. The summed E-state index contributed by atoms with van der Waals surface area (Å²) in [5, 5.41) is 9.30. The average molecular weight is 526 g/mol. The number of hydrogen-bond donors (Lipinski definition) is 0. The molecule has 1 aromatic carbocycles. The van der Waals surface area contributed by atoms with Gasteiger partial charge < -0.3 is 23.8 Å². The molecule has 1 heterocycles. The summed E-state index contributed by atoms with van der Waals surface area (Å²) in [6.45, 7) is 4.13. The molecule has 35 heavy (non-hydrogen) atoms. The van der Waals surface area contributed by atoms with Crippen LogP contribution in [0, 0.1) is 10.1 Å². The molecule has 1 aromatic rings. The number of ether oxygens (including phenoxy) is 4. The molecule has 14 heteroatoms. The van der Waals surface area contributed by atoms with Crippen molar-refractivity contribution < 1.29 is 51.6 Å². The first-order valence-electron chi connectivity index (χ1n) is 10.2. The summed E-state index contributed by atoms with van der Waals surface area (Å²) in [5.74, 6) is -1.51. The van der Waals surface area contributed by atoms with Gasteiger partial charge in [-0.2, -0.15) is 13.2 Å². The average Bonchev–Trinajstić information content (AvgIpc) is 2.73. The molecule has 0 aromatic heterocycles. The second kappa shape index (κ2) is 11.5. The lowest BCUT2D eigenvalue weighted by molar-refractivity contribution is -0.757. The topological polar surface area (TPSA) is 123 Å². The Balaban J connectivity index is 2.00. The third kappa shape index (κ3) is 8.19. The molecule has 0 bridgehead atoms. The van der Waals surface area contributed by atoms with Gasteiger partial charge in [-0.3, -0.25) is 0 Å². The Morgan fingerprint density at radius 1 is 1.11 bits per heavy atom. The van der Waals surface area contributed by atoms with Crippen LogP contribution in [0.25, 0.3) is 6.08 Å². The predicted molar refractivity (Wildman–Crippen MR) is 114 cm³/mol. The van der Waals surface area contributed by atoms with E-state index >= 15 is 0 Å². The molecule has 1 aliphatic rings. The molecule has 0 N–H and O–H groups in total. The molecule has 0 radical (unpaired) electrons. The zero-order valence-electron chi connectivity index (χ0n) is 19.0. The van der Waals surface area contributed by atoms with Gasteiger partial charge in [0.2, 0.25) is 12.9 Å². The molecule has 0 aliphatic carbocycles. The number of esters is 1. The van der Waals surface area contributed by atoms with Gasteiger partial charge in [0, 0.05) is 10.6 Å². The lowest BCUT2D eigenvalue weighted by Gasteiger charge is -2.30. The third-order valence-electron chi connectivity index (χ3n) is 4.60. The summed E-state index contributed by atoms with van der Waals surface area (Å²) in [4.78, 5) is 37.9. The highest BCUT2D eigenvalue weighted by atomic mass is 35.5. The van der Waals surface area contributed by atoms with E-state index in [1.54, 1.807) is 0 Å². The van der Waals surface area contributed by atoms with E-state index in [9.17, 15) is 32.9 Å². The van der Waals surface area contributed by atoms with E-state index < -0.39 is 47.3 Å². The minimum atomic E-state index is -4.94. The van der Waals surface area contributed by atoms with Crippen molar-refractivity contribution in [3.8, 4) is 5.75 Å². The molecule has 0 fully saturated rings. The van der Waals surface area contributed by atoms with Crippen LogP contribution in [0.3, 0.4) is 0 Å². The summed E-state index contributed by atoms with van der Waals surface area (Å²) in [6, 6.07) is 2.79. The Morgan fingerprint density at radius 3 is 2.37 bits per heavy atom. The number of hydrogen-bond acceptors (Lipinski definition) is 9. The van der Waals surface area contributed by atoms with Crippen LogP contribution in [0.15, 0.2) is 17.7 Å². The number of nitrogens with zero attached hydrogens (tertiary/aromatic N) is 1. The molecule has 0 amide bonds. The van der Waals surface area contributed by atoms with Crippen molar-refractivity contribution in [2.24, 2.45) is 0 Å². The maximum Gasteiger partial charge on any atom is 0.511 e. The Hall–Kier alpha value is -3.22. The molecule has 194 valence electrons. The number of benzene rings is 1. The normalized spacial score (nSPS) is 15.3. The number of carbonyl (C=O) groups excluding carboxylic acids is 2. The van der Waals surface area contributed by atoms with E-state index in [1.165, 1.54) is 12.1 Å². The van der Waals surface area contributed by atoms with Crippen LogP contribution in [0.5, 0.6) is 5.75 Å². The maximum atomic E-state index is 13.6. The second-order valence-electron chi connectivity index (χ2n) is 8.32. The van der Waals surface area contributed by atoms with Crippen molar-refractivity contribution in [1.82, 2.24) is 0 Å². The third-order valence-corrected chi connectivity index (χ3v) is 4.91. The predicted octanol–water partition coefficient (Wildman–Crippen LogP) is 4.99. The number of halogens is 4. The van der Waals surface area contributed by atoms with E-state index in [4.69, 9.17) is 16.3 Å². The summed E-state index contributed by atoms with van der Waals surface area (Å²) < 4.78 is 59.8. The zero-order chi connectivity index (χ0) is 26.4. The quantitative estimate of drug-likeness (QED) is 0.144. The highest BCUT2D eigenvalue weighted by molar-refractivity contribution is 6.31. The smallest absolute Gasteiger partial charge is 0.475 e. The van der Waals surface area contributed by atoms with E-state index in [2.05, 4.69) is 19.0 Å². The first-order valence-corrected chi connectivity index (χ1v) is 10.6. The van der Waals surface area contributed by atoms with Gasteiger partial charge in [-0.1, -0.05) is 32.4 Å². The molecule has 10 nitrogen and oxygen atoms in total. The van der Waals surface area contributed by atoms with Crippen LogP contribution in [-0.2, 0) is 29.3 Å². The maximum absolute atomic E-state index is 13.6. The highest BCUT2D eigenvalue weighted by Gasteiger charge is 2.49. The molecular weight excluding hydrogens is 503 g/mol. The molecule has 2 rings (SSSR count). The van der Waals surface area contributed by atoms with E-state index in [-0.39, 0.29) is 42.4 Å². The first kappa shape index (κ1) is 28.0. The lowest BCUT2D eigenvalue weighted by Crippen LogP contribution is -2.41. The fraction of sp³-hybridized carbons (Fsp3) is 0.524. The molecule has 1 aliphatic heterocycles. The highest BCUT2D eigenvalue weighted by Crippen LogP contribution is 2.42. The summed E-state index contributed by atoms with van der Waals surface area (Å²) in [6.07, 6.45) is -7.39. The number of unbranched alkanes of at least 4 members (excludes halogenated alkanes) is 1. The molecular formula is C21H23ClF3NO9. The van der Waals surface area contributed by atoms with Gasteiger partial charge in [0.25, 0.3) is 5.09 Å². The number of rotatable bonds is 9. The van der Waals surface area contributed by atoms with Crippen molar-refractivity contribution in [3.05, 3.63) is 44.0 Å². The zero-order valence-corrected chi connectivity index (χ0v) is 19.7. The van der Waals surface area contributed by atoms with Crippen LogP contribution >= 0.6 is 11.6 Å². The Bertz CT molecular complexity index is 989. The van der Waals surface area contributed by atoms with Crippen LogP contribution in [0.4, 0.5) is 18.0 Å². The van der Waals surface area contributed by atoms with Crippen LogP contribution < -0.4 is 4.74 Å². The van der Waals surface area contributed by atoms with E-state index in [0.29, 0.717) is 5.56 Å². The summed E-state index contributed by atoms with van der Waals surface area (Å²) in [7, 11) is 0. The van der Waals surface area contributed by atoms with E-state index in [0.717, 1.165) is 6.08 Å². The Kier molecular flexibility index (Phi) is 9.18. The molecule has 0 saturated carbocycles. The van der Waals surface area contributed by atoms with Gasteiger partial charge >= 0.3 is 18.3 Å². The van der Waals surface area contributed by atoms with Crippen LogP contribution in [0.1, 0.15) is 44.7 Å². The Labute approximate surface area is 203 Å². The van der Waals surface area contributed by atoms with Crippen molar-refractivity contribution in [3.63, 3.8) is 0 Å². The lowest BCUT2D eigenvalue weighted by atomic mass is 9.85. The van der Waals surface area contributed by atoms with Crippen LogP contribution in [0.2, 0.25) is 5.02 Å². The fourth-order valence-corrected chi connectivity index (χ4v) is 3.41. The summed E-state index contributed by atoms with van der Waals surface area (Å²) >= 11 is 6.27. The van der Waals surface area contributed by atoms with Gasteiger partial charge in [0.15, 0.2) is 0 Å². The molecule has 1 atom stereocenters. The van der Waals surface area contributed by atoms with Crippen LogP contribution in [-0.4, -0.2) is 49.5 Å². The Morgan fingerprint density at radius 2 is 1.77 bits per heavy atom. The van der Waals surface area contributed by atoms with Gasteiger partial charge in [0.1, 0.15) is 5.75 Å². The second-order valence-corrected chi connectivity index (χ2v) is 8.72. The number of alkyl halides is 3. The molecule has 0 spiro atoms. The number of fused-ring (bicyclic) bond motifs is 1. The minimum absolute atomic E-state index is 0.0957. The largest absolute Gasteiger partial charge is 0.511 e. The van der Waals surface area contributed by atoms with Gasteiger partial charge in [0.05, 0.1) is 18.8 Å². The standard InChI is InChI=1S/C21H23ClF3NO9/c1-20(2,3)14-10-16-12(9-15(14)22)8-13(17(35-16)21(23,24)25)18(27)32-11-33-19(28)31-6-4-5-7-34-26(29)30/h8-10,17H,4-7,11H2,1-3H3. The SMILES string of the molecule is CC(C)(C)c1cc2c(cc1Cl)C=C(C(=O)OCOC(=O)OCCCCO[N+](=O)[O-])C(C(F)(F)F)O2. The van der Waals surface area contributed by atoms with Gasteiger partial charge in [-0.15, -0.1) is 10.1 Å². The first-order chi connectivity index (χ1) is 16.2. The van der Waals surface area contributed by atoms with Crippen molar-refractivity contribution in [1.29, 1.82) is 0 Å².